The molecular formula is C34H21NS. The van der Waals surface area contributed by atoms with Gasteiger partial charge in [-0.2, -0.15) is 0 Å². The van der Waals surface area contributed by atoms with Gasteiger partial charge in [0.25, 0.3) is 0 Å². The lowest BCUT2D eigenvalue weighted by Gasteiger charge is -2.08. The third-order valence-electron chi connectivity index (χ3n) is 7.42. The largest absolute Gasteiger partial charge is 0.353 e. The molecule has 6 aromatic carbocycles. The lowest BCUT2D eigenvalue weighted by molar-refractivity contribution is 1.54. The smallest absolute Gasteiger partial charge is 0.0544 e. The van der Waals surface area contributed by atoms with E-state index in [0.29, 0.717) is 0 Å². The van der Waals surface area contributed by atoms with Crippen molar-refractivity contribution in [1.29, 1.82) is 0 Å². The summed E-state index contributed by atoms with van der Waals surface area (Å²) >= 11 is 1.87. The van der Waals surface area contributed by atoms with Crippen molar-refractivity contribution in [3.8, 4) is 22.3 Å². The summed E-state index contributed by atoms with van der Waals surface area (Å²) in [5, 5.41) is 7.74. The van der Waals surface area contributed by atoms with Crippen molar-refractivity contribution in [3.05, 3.63) is 121 Å². The number of hydrogen-bond acceptors (Lipinski definition) is 1. The molecular weight excluding hydrogens is 454 g/mol. The Morgan fingerprint density at radius 1 is 0.417 bits per heavy atom. The first-order valence-electron chi connectivity index (χ1n) is 12.3. The summed E-state index contributed by atoms with van der Waals surface area (Å²) in [7, 11) is 0. The molecule has 0 atom stereocenters. The highest BCUT2D eigenvalue weighted by Crippen LogP contribution is 2.39. The summed E-state index contributed by atoms with van der Waals surface area (Å²) in [6, 6.07) is 44.2. The van der Waals surface area contributed by atoms with E-state index in [0.717, 1.165) is 0 Å². The van der Waals surface area contributed by atoms with Crippen LogP contribution in [0.2, 0.25) is 0 Å². The minimum Gasteiger partial charge on any atom is -0.353 e. The molecule has 168 valence electrons. The number of nitrogens with one attached hydrogen (secondary N) is 1. The highest BCUT2D eigenvalue weighted by Gasteiger charge is 2.13. The SMILES string of the molecule is c1cc(-c2ccc3sc4ccccc4c3c2)cc(-c2cccc3c2[nH]c2c4ccccc4ccc32)c1. The lowest BCUT2D eigenvalue weighted by atomic mass is 9.96. The van der Waals surface area contributed by atoms with E-state index >= 15 is 0 Å². The fraction of sp³-hybridized carbons (Fsp3) is 0. The van der Waals surface area contributed by atoms with Gasteiger partial charge in [0.1, 0.15) is 0 Å². The van der Waals surface area contributed by atoms with Gasteiger partial charge in [0, 0.05) is 41.9 Å². The number of benzene rings is 6. The standard InChI is InChI=1S/C34H21NS/c1-2-10-25-21(7-1)15-17-29-28-13-6-12-26(34(28)35-33(25)29)24-9-5-8-22(19-24)23-16-18-32-30(20-23)27-11-3-4-14-31(27)36-32/h1-20,35H. The number of H-pyrrole nitrogens is 1. The highest BCUT2D eigenvalue weighted by atomic mass is 32.1. The summed E-state index contributed by atoms with van der Waals surface area (Å²) in [5.74, 6) is 0. The Labute approximate surface area is 212 Å². The number of fused-ring (bicyclic) bond motifs is 8. The predicted octanol–water partition coefficient (Wildman–Crippen LogP) is 10.2. The van der Waals surface area contributed by atoms with Crippen LogP contribution in [0.3, 0.4) is 0 Å². The molecule has 0 saturated heterocycles. The van der Waals surface area contributed by atoms with E-state index in [1.165, 1.54) is 75.0 Å². The second kappa shape index (κ2) is 7.55. The Bertz CT molecular complexity index is 2110. The molecule has 8 rings (SSSR count). The van der Waals surface area contributed by atoms with Crippen molar-refractivity contribution < 1.29 is 0 Å². The number of rotatable bonds is 2. The fourth-order valence-corrected chi connectivity index (χ4v) is 6.77. The third-order valence-corrected chi connectivity index (χ3v) is 8.57. The molecule has 0 amide bonds. The van der Waals surface area contributed by atoms with Crippen LogP contribution in [0.4, 0.5) is 0 Å². The molecule has 0 saturated carbocycles. The first kappa shape index (κ1) is 19.9. The van der Waals surface area contributed by atoms with Gasteiger partial charge in [0.15, 0.2) is 0 Å². The van der Waals surface area contributed by atoms with Crippen molar-refractivity contribution in [1.82, 2.24) is 4.98 Å². The van der Waals surface area contributed by atoms with E-state index in [2.05, 4.69) is 126 Å². The quantitative estimate of drug-likeness (QED) is 0.256. The molecule has 2 heterocycles. The maximum absolute atomic E-state index is 3.79. The van der Waals surface area contributed by atoms with Crippen molar-refractivity contribution in [3.63, 3.8) is 0 Å². The Balaban J connectivity index is 1.32. The average molecular weight is 476 g/mol. The topological polar surface area (TPSA) is 15.8 Å². The third kappa shape index (κ3) is 2.89. The highest BCUT2D eigenvalue weighted by molar-refractivity contribution is 7.25. The Morgan fingerprint density at radius 2 is 1.14 bits per heavy atom. The zero-order valence-corrected chi connectivity index (χ0v) is 20.3. The maximum Gasteiger partial charge on any atom is 0.0544 e. The van der Waals surface area contributed by atoms with E-state index in [-0.39, 0.29) is 0 Å². The van der Waals surface area contributed by atoms with Crippen LogP contribution < -0.4 is 0 Å². The van der Waals surface area contributed by atoms with Crippen molar-refractivity contribution >= 4 is 64.1 Å². The van der Waals surface area contributed by atoms with E-state index in [9.17, 15) is 0 Å². The Hall–Kier alpha value is -4.40. The molecule has 0 fully saturated rings. The number of hydrogen-bond donors (Lipinski definition) is 1. The number of para-hydroxylation sites is 1. The second-order valence-corrected chi connectivity index (χ2v) is 10.5. The molecule has 36 heavy (non-hydrogen) atoms. The maximum atomic E-state index is 3.79. The minimum atomic E-state index is 1.19. The number of thiophene rings is 1. The van der Waals surface area contributed by atoms with Crippen LogP contribution in [0.15, 0.2) is 121 Å². The molecule has 0 aliphatic heterocycles. The van der Waals surface area contributed by atoms with E-state index in [1.807, 2.05) is 11.3 Å². The van der Waals surface area contributed by atoms with Crippen molar-refractivity contribution in [2.75, 3.05) is 0 Å². The lowest BCUT2D eigenvalue weighted by Crippen LogP contribution is -1.83. The Morgan fingerprint density at radius 3 is 2.11 bits per heavy atom. The van der Waals surface area contributed by atoms with Crippen molar-refractivity contribution in [2.45, 2.75) is 0 Å². The zero-order valence-electron chi connectivity index (χ0n) is 19.5. The summed E-state index contributed by atoms with van der Waals surface area (Å²) in [6.07, 6.45) is 0. The first-order valence-corrected chi connectivity index (χ1v) is 13.1. The molecule has 0 unspecified atom stereocenters. The fourth-order valence-electron chi connectivity index (χ4n) is 5.68. The average Bonchev–Trinajstić information content (AvgIpc) is 3.51. The molecule has 0 radical (unpaired) electrons. The summed E-state index contributed by atoms with van der Waals surface area (Å²) in [5.41, 5.74) is 7.36. The van der Waals surface area contributed by atoms with Crippen LogP contribution >= 0.6 is 11.3 Å². The van der Waals surface area contributed by atoms with Gasteiger partial charge in [-0.15, -0.1) is 11.3 Å². The van der Waals surface area contributed by atoms with Crippen LogP contribution in [0.5, 0.6) is 0 Å². The molecule has 8 aromatic rings. The second-order valence-electron chi connectivity index (χ2n) is 9.45. The van der Waals surface area contributed by atoms with Gasteiger partial charge in [-0.25, -0.2) is 0 Å². The van der Waals surface area contributed by atoms with Crippen LogP contribution in [0.1, 0.15) is 0 Å². The monoisotopic (exact) mass is 475 g/mol. The molecule has 0 bridgehead atoms. The van der Waals surface area contributed by atoms with E-state index in [4.69, 9.17) is 0 Å². The molecule has 0 aliphatic rings. The van der Waals surface area contributed by atoms with E-state index in [1.54, 1.807) is 0 Å². The zero-order chi connectivity index (χ0) is 23.6. The van der Waals surface area contributed by atoms with Gasteiger partial charge in [-0.1, -0.05) is 97.1 Å². The van der Waals surface area contributed by atoms with Crippen LogP contribution in [-0.2, 0) is 0 Å². The molecule has 1 N–H and O–H groups in total. The summed E-state index contributed by atoms with van der Waals surface area (Å²) in [4.78, 5) is 3.79. The minimum absolute atomic E-state index is 1.19. The van der Waals surface area contributed by atoms with Gasteiger partial charge in [-0.05, 0) is 46.3 Å². The first-order chi connectivity index (χ1) is 17.8. The van der Waals surface area contributed by atoms with Gasteiger partial charge in [0.05, 0.1) is 11.0 Å². The summed E-state index contributed by atoms with van der Waals surface area (Å²) in [6.45, 7) is 0. The molecule has 1 nitrogen and oxygen atoms in total. The number of aromatic amines is 1. The van der Waals surface area contributed by atoms with E-state index < -0.39 is 0 Å². The Kier molecular flexibility index (Phi) is 4.16. The van der Waals surface area contributed by atoms with Crippen LogP contribution in [-0.4, -0.2) is 4.98 Å². The van der Waals surface area contributed by atoms with Gasteiger partial charge >= 0.3 is 0 Å². The molecule has 0 spiro atoms. The van der Waals surface area contributed by atoms with Crippen molar-refractivity contribution in [2.24, 2.45) is 0 Å². The summed E-state index contributed by atoms with van der Waals surface area (Å²) < 4.78 is 2.68. The van der Waals surface area contributed by atoms with Crippen LogP contribution in [0.25, 0.3) is 75.0 Å². The molecule has 0 aliphatic carbocycles. The molecule has 2 aromatic heterocycles. The van der Waals surface area contributed by atoms with Gasteiger partial charge < -0.3 is 4.98 Å². The normalized spacial score (nSPS) is 11.9. The predicted molar refractivity (Wildman–Crippen MR) is 157 cm³/mol. The molecule has 2 heteroatoms. The van der Waals surface area contributed by atoms with Gasteiger partial charge in [0.2, 0.25) is 0 Å². The number of aromatic nitrogens is 1. The van der Waals surface area contributed by atoms with Gasteiger partial charge in [-0.3, -0.25) is 0 Å². The van der Waals surface area contributed by atoms with Crippen LogP contribution in [0, 0.1) is 0 Å².